The number of nitrogens with zero attached hydrogens (tertiary/aromatic N) is 1. The maximum Gasteiger partial charge on any atom is 0.254 e. The van der Waals surface area contributed by atoms with E-state index in [9.17, 15) is 13.2 Å². The van der Waals surface area contributed by atoms with E-state index < -0.39 is 9.84 Å². The van der Waals surface area contributed by atoms with Crippen LogP contribution < -0.4 is 0 Å². The number of amides is 1. The van der Waals surface area contributed by atoms with E-state index in [1.807, 2.05) is 4.90 Å². The van der Waals surface area contributed by atoms with Crippen LogP contribution in [0.5, 0.6) is 0 Å². The van der Waals surface area contributed by atoms with Crippen LogP contribution >= 0.6 is 0 Å². The van der Waals surface area contributed by atoms with Gasteiger partial charge in [-0.05, 0) is 43.9 Å². The molecule has 0 radical (unpaired) electrons. The van der Waals surface area contributed by atoms with Gasteiger partial charge in [0, 0.05) is 23.9 Å². The first-order chi connectivity index (χ1) is 9.97. The van der Waals surface area contributed by atoms with Crippen molar-refractivity contribution in [3.05, 3.63) is 29.8 Å². The van der Waals surface area contributed by atoms with E-state index >= 15 is 0 Å². The van der Waals surface area contributed by atoms with E-state index in [0.717, 1.165) is 25.7 Å². The van der Waals surface area contributed by atoms with E-state index in [-0.39, 0.29) is 10.8 Å². The second kappa shape index (κ2) is 5.44. The second-order valence-electron chi connectivity index (χ2n) is 6.18. The highest BCUT2D eigenvalue weighted by molar-refractivity contribution is 7.90. The highest BCUT2D eigenvalue weighted by Gasteiger charge is 2.38. The smallest absolute Gasteiger partial charge is 0.254 e. The minimum Gasteiger partial charge on any atom is -0.333 e. The van der Waals surface area contributed by atoms with Gasteiger partial charge in [0.15, 0.2) is 9.84 Å². The molecule has 3 rings (SSSR count). The molecule has 0 unspecified atom stereocenters. The van der Waals surface area contributed by atoms with Gasteiger partial charge in [-0.25, -0.2) is 8.42 Å². The van der Waals surface area contributed by atoms with Crippen LogP contribution in [0.25, 0.3) is 0 Å². The van der Waals surface area contributed by atoms with E-state index in [2.05, 4.69) is 0 Å². The summed E-state index contributed by atoms with van der Waals surface area (Å²) in [7, 11) is -3.28. The standard InChI is InChI=1S/C16H21NO3S/c1-21(19,20)15-8-4-5-12(11-15)16(18)17(14-9-10-14)13-6-2-3-7-13/h4-5,8,11,13-14H,2-3,6-7,9-10H2,1H3. The van der Waals surface area contributed by atoms with Crippen LogP contribution in [0.1, 0.15) is 48.9 Å². The largest absolute Gasteiger partial charge is 0.333 e. The normalized spacial score (nSPS) is 19.7. The zero-order chi connectivity index (χ0) is 15.0. The molecule has 2 aliphatic carbocycles. The molecular formula is C16H21NO3S. The third-order valence-corrected chi connectivity index (χ3v) is 5.51. The molecule has 0 N–H and O–H groups in total. The molecule has 0 spiro atoms. The van der Waals surface area contributed by atoms with E-state index in [1.54, 1.807) is 18.2 Å². The molecule has 0 aromatic heterocycles. The quantitative estimate of drug-likeness (QED) is 0.859. The first kappa shape index (κ1) is 14.6. The Kier molecular flexibility index (Phi) is 3.78. The number of hydrogen-bond acceptors (Lipinski definition) is 3. The van der Waals surface area contributed by atoms with E-state index in [4.69, 9.17) is 0 Å². The summed E-state index contributed by atoms with van der Waals surface area (Å²) in [4.78, 5) is 15.1. The van der Waals surface area contributed by atoms with Crippen molar-refractivity contribution in [2.45, 2.75) is 55.5 Å². The fraction of sp³-hybridized carbons (Fsp3) is 0.562. The van der Waals surface area contributed by atoms with Crippen LogP contribution in [0, 0.1) is 0 Å². The van der Waals surface area contributed by atoms with E-state index in [0.29, 0.717) is 17.6 Å². The maximum absolute atomic E-state index is 12.8. The SMILES string of the molecule is CS(=O)(=O)c1cccc(C(=O)N(C2CCCC2)C2CC2)c1. The Morgan fingerprint density at radius 1 is 1.10 bits per heavy atom. The number of carbonyl (C=O) groups excluding carboxylic acids is 1. The predicted molar refractivity (Wildman–Crippen MR) is 81.0 cm³/mol. The minimum atomic E-state index is -3.28. The summed E-state index contributed by atoms with van der Waals surface area (Å²) >= 11 is 0. The van der Waals surface area contributed by atoms with Gasteiger partial charge in [-0.1, -0.05) is 18.9 Å². The highest BCUT2D eigenvalue weighted by Crippen LogP contribution is 2.35. The van der Waals surface area contributed by atoms with Crippen LogP contribution in [0.2, 0.25) is 0 Å². The van der Waals surface area contributed by atoms with Crippen molar-refractivity contribution in [2.75, 3.05) is 6.26 Å². The van der Waals surface area contributed by atoms with Crippen molar-refractivity contribution in [1.82, 2.24) is 4.90 Å². The Hall–Kier alpha value is -1.36. The molecule has 0 heterocycles. The van der Waals surface area contributed by atoms with Crippen molar-refractivity contribution in [3.63, 3.8) is 0 Å². The van der Waals surface area contributed by atoms with Crippen molar-refractivity contribution in [1.29, 1.82) is 0 Å². The first-order valence-electron chi connectivity index (χ1n) is 7.59. The van der Waals surface area contributed by atoms with Crippen LogP contribution in [0.4, 0.5) is 0 Å². The zero-order valence-corrected chi connectivity index (χ0v) is 13.1. The Balaban J connectivity index is 1.89. The van der Waals surface area contributed by atoms with Gasteiger partial charge in [0.25, 0.3) is 5.91 Å². The lowest BCUT2D eigenvalue weighted by Gasteiger charge is -2.29. The Morgan fingerprint density at radius 3 is 2.29 bits per heavy atom. The summed E-state index contributed by atoms with van der Waals surface area (Å²) in [6, 6.07) is 7.14. The molecule has 2 fully saturated rings. The molecule has 1 amide bonds. The molecule has 2 aliphatic rings. The zero-order valence-electron chi connectivity index (χ0n) is 12.3. The minimum absolute atomic E-state index is 0.00472. The number of hydrogen-bond donors (Lipinski definition) is 0. The van der Waals surface area contributed by atoms with Crippen molar-refractivity contribution >= 4 is 15.7 Å². The summed E-state index contributed by atoms with van der Waals surface area (Å²) in [5.74, 6) is -0.00472. The van der Waals surface area contributed by atoms with Crippen LogP contribution in [-0.4, -0.2) is 37.6 Å². The fourth-order valence-electron chi connectivity index (χ4n) is 3.17. The maximum atomic E-state index is 12.8. The molecule has 2 saturated carbocycles. The summed E-state index contributed by atoms with van der Waals surface area (Å²) in [5, 5.41) is 0. The van der Waals surface area contributed by atoms with Gasteiger partial charge in [0.1, 0.15) is 0 Å². The molecule has 0 saturated heterocycles. The van der Waals surface area contributed by atoms with Gasteiger partial charge in [-0.3, -0.25) is 4.79 Å². The molecule has 1 aromatic carbocycles. The molecule has 114 valence electrons. The summed E-state index contributed by atoms with van der Waals surface area (Å²) in [5.41, 5.74) is 0.497. The molecule has 5 heteroatoms. The Bertz CT molecular complexity index is 643. The van der Waals surface area contributed by atoms with Crippen LogP contribution in [0.15, 0.2) is 29.2 Å². The molecule has 4 nitrogen and oxygen atoms in total. The average Bonchev–Trinajstić information content (AvgIpc) is 3.13. The molecule has 0 aliphatic heterocycles. The van der Waals surface area contributed by atoms with Crippen molar-refractivity contribution in [2.24, 2.45) is 0 Å². The van der Waals surface area contributed by atoms with Gasteiger partial charge in [0.2, 0.25) is 0 Å². The van der Waals surface area contributed by atoms with Crippen molar-refractivity contribution in [3.8, 4) is 0 Å². The molecule has 21 heavy (non-hydrogen) atoms. The number of carbonyl (C=O) groups is 1. The summed E-state index contributed by atoms with van der Waals surface area (Å²) in [6.45, 7) is 0. The highest BCUT2D eigenvalue weighted by atomic mass is 32.2. The second-order valence-corrected chi connectivity index (χ2v) is 8.20. The van der Waals surface area contributed by atoms with Gasteiger partial charge in [-0.15, -0.1) is 0 Å². The lowest BCUT2D eigenvalue weighted by atomic mass is 10.1. The summed E-state index contributed by atoms with van der Waals surface area (Å²) in [6.07, 6.45) is 7.85. The first-order valence-corrected chi connectivity index (χ1v) is 9.49. The average molecular weight is 307 g/mol. The van der Waals surface area contributed by atoms with Crippen molar-refractivity contribution < 1.29 is 13.2 Å². The lowest BCUT2D eigenvalue weighted by Crippen LogP contribution is -2.40. The molecule has 0 bridgehead atoms. The molecule has 0 atom stereocenters. The third kappa shape index (κ3) is 3.12. The lowest BCUT2D eigenvalue weighted by molar-refractivity contribution is 0.0664. The summed E-state index contributed by atoms with van der Waals surface area (Å²) < 4.78 is 23.3. The van der Waals surface area contributed by atoms with Gasteiger partial charge in [-0.2, -0.15) is 0 Å². The Morgan fingerprint density at radius 2 is 1.71 bits per heavy atom. The van der Waals surface area contributed by atoms with E-state index in [1.165, 1.54) is 25.2 Å². The molecule has 1 aromatic rings. The fourth-order valence-corrected chi connectivity index (χ4v) is 3.84. The Labute approximate surface area is 126 Å². The van der Waals surface area contributed by atoms with Gasteiger partial charge >= 0.3 is 0 Å². The van der Waals surface area contributed by atoms with Gasteiger partial charge in [0.05, 0.1) is 4.90 Å². The third-order valence-electron chi connectivity index (χ3n) is 4.40. The number of benzene rings is 1. The van der Waals surface area contributed by atoms with Gasteiger partial charge < -0.3 is 4.90 Å². The molecular weight excluding hydrogens is 286 g/mol. The topological polar surface area (TPSA) is 54.5 Å². The predicted octanol–water partition coefficient (Wildman–Crippen LogP) is 2.64. The monoisotopic (exact) mass is 307 g/mol. The number of rotatable bonds is 4. The van der Waals surface area contributed by atoms with Crippen LogP contribution in [0.3, 0.4) is 0 Å². The number of sulfone groups is 1. The van der Waals surface area contributed by atoms with Crippen LogP contribution in [-0.2, 0) is 9.84 Å².